The van der Waals surface area contributed by atoms with E-state index < -0.39 is 60.3 Å². The van der Waals surface area contributed by atoms with Gasteiger partial charge in [-0.25, -0.2) is 18.7 Å². The van der Waals surface area contributed by atoms with Crippen molar-refractivity contribution in [3.8, 4) is 17.0 Å². The fourth-order valence-electron chi connectivity index (χ4n) is 5.13. The number of halogens is 6. The monoisotopic (exact) mass is 635 g/mol. The molecule has 0 radical (unpaired) electrons. The molecule has 44 heavy (non-hydrogen) atoms. The minimum atomic E-state index is -5.45. The van der Waals surface area contributed by atoms with E-state index in [2.05, 4.69) is 15.3 Å². The van der Waals surface area contributed by atoms with Crippen LogP contribution in [0.25, 0.3) is 16.9 Å². The number of nitrogens with two attached hydrogens (primary N) is 1. The van der Waals surface area contributed by atoms with Crippen LogP contribution in [-0.4, -0.2) is 57.3 Å². The van der Waals surface area contributed by atoms with E-state index >= 15 is 0 Å². The van der Waals surface area contributed by atoms with Crippen molar-refractivity contribution in [2.75, 3.05) is 19.8 Å². The largest absolute Gasteiger partial charge is 0.489 e. The maximum absolute atomic E-state index is 14.7. The number of ether oxygens (including phenoxy) is 1. The highest BCUT2D eigenvalue weighted by Gasteiger charge is 2.58. The lowest BCUT2D eigenvalue weighted by Gasteiger charge is -2.31. The molecule has 1 unspecified atom stereocenters. The lowest BCUT2D eigenvalue weighted by molar-refractivity contribution is -0.265. The second kappa shape index (κ2) is 10.4. The summed E-state index contributed by atoms with van der Waals surface area (Å²) in [5, 5.41) is 13.4. The van der Waals surface area contributed by atoms with Crippen molar-refractivity contribution in [3.63, 3.8) is 0 Å². The Morgan fingerprint density at radius 3 is 2.48 bits per heavy atom. The van der Waals surface area contributed by atoms with Crippen LogP contribution in [0.5, 0.6) is 5.75 Å². The van der Waals surface area contributed by atoms with E-state index in [0.717, 1.165) is 30.7 Å². The Bertz CT molecular complexity index is 1810. The lowest BCUT2D eigenvalue weighted by atomic mass is 9.81. The van der Waals surface area contributed by atoms with Gasteiger partial charge in [-0.2, -0.15) is 13.2 Å². The van der Waals surface area contributed by atoms with Crippen molar-refractivity contribution in [2.45, 2.75) is 36.0 Å². The van der Waals surface area contributed by atoms with E-state index in [1.54, 1.807) is 6.20 Å². The fourth-order valence-corrected chi connectivity index (χ4v) is 5.38. The number of carbonyl (C=O) groups is 2. The van der Waals surface area contributed by atoms with Crippen LogP contribution in [0.4, 0.5) is 22.0 Å². The maximum Gasteiger partial charge on any atom is 0.424 e. The minimum absolute atomic E-state index is 0.0473. The van der Waals surface area contributed by atoms with Crippen LogP contribution in [0, 0.1) is 5.82 Å². The molecule has 1 fully saturated rings. The average Bonchev–Trinajstić information content (AvgIpc) is 3.62. The molecule has 1 aromatic carbocycles. The summed E-state index contributed by atoms with van der Waals surface area (Å²) in [6.45, 7) is -3.51. The molecule has 3 aromatic heterocycles. The molecule has 1 saturated carbocycles. The van der Waals surface area contributed by atoms with E-state index in [1.165, 1.54) is 28.8 Å². The lowest BCUT2D eigenvalue weighted by Crippen LogP contribution is -2.52. The number of carbonyl (C=O) groups excluding carboxylic acids is 2. The van der Waals surface area contributed by atoms with Crippen LogP contribution in [-0.2, 0) is 15.8 Å². The number of imidazole rings is 1. The molecule has 6 rings (SSSR count). The van der Waals surface area contributed by atoms with Gasteiger partial charge in [0.15, 0.2) is 5.65 Å². The molecule has 1 aliphatic heterocycles. The van der Waals surface area contributed by atoms with Crippen molar-refractivity contribution in [1.29, 1.82) is 0 Å². The summed E-state index contributed by atoms with van der Waals surface area (Å²) in [6.07, 6.45) is -0.491. The summed E-state index contributed by atoms with van der Waals surface area (Å²) in [7, 11) is 0. The number of hydrogen-bond acceptors (Lipinski definition) is 6. The first-order valence-corrected chi connectivity index (χ1v) is 13.7. The molecule has 0 spiro atoms. The van der Waals surface area contributed by atoms with Crippen molar-refractivity contribution in [1.82, 2.24) is 19.7 Å². The number of aliphatic hydroxyl groups is 1. The molecule has 2 atom stereocenters. The van der Waals surface area contributed by atoms with Gasteiger partial charge in [0.2, 0.25) is 11.5 Å². The summed E-state index contributed by atoms with van der Waals surface area (Å²) < 4.78 is 79.0. The zero-order valence-electron chi connectivity index (χ0n) is 22.6. The number of aromatic nitrogens is 3. The zero-order valence-corrected chi connectivity index (χ0v) is 23.3. The number of pyridine rings is 2. The molecule has 9 nitrogen and oxygen atoms in total. The zero-order chi connectivity index (χ0) is 31.6. The first kappa shape index (κ1) is 29.8. The van der Waals surface area contributed by atoms with Gasteiger partial charge in [0.05, 0.1) is 28.5 Å². The molecule has 4 N–H and O–H groups in total. The third-order valence-corrected chi connectivity index (χ3v) is 8.23. The SMILES string of the molecule is NC(=O)[C@@]1(CF)COc2c1cc(C(O)(CNC(=O)c1cc(Cl)c3nc(C4CC4)cn3c1)C(F)(F)F)nc2-c1ccc(F)cc1. The Hall–Kier alpha value is -4.30. The van der Waals surface area contributed by atoms with E-state index in [4.69, 9.17) is 22.1 Å². The summed E-state index contributed by atoms with van der Waals surface area (Å²) in [4.78, 5) is 33.9. The van der Waals surface area contributed by atoms with Gasteiger partial charge in [0.1, 0.15) is 36.0 Å². The highest BCUT2D eigenvalue weighted by atomic mass is 35.5. The number of amides is 2. The molecule has 15 heteroatoms. The number of alkyl halides is 4. The van der Waals surface area contributed by atoms with E-state index in [0.29, 0.717) is 11.7 Å². The Morgan fingerprint density at radius 1 is 1.16 bits per heavy atom. The van der Waals surface area contributed by atoms with Crippen LogP contribution in [0.15, 0.2) is 48.8 Å². The van der Waals surface area contributed by atoms with Crippen LogP contribution in [0.3, 0.4) is 0 Å². The molecule has 230 valence electrons. The van der Waals surface area contributed by atoms with E-state index in [1.807, 2.05) is 0 Å². The molecular formula is C29H23ClF5N5O4. The molecule has 4 heterocycles. The van der Waals surface area contributed by atoms with Crippen molar-refractivity contribution in [2.24, 2.45) is 5.73 Å². The third kappa shape index (κ3) is 4.81. The summed E-state index contributed by atoms with van der Waals surface area (Å²) >= 11 is 6.30. The second-order valence-corrected chi connectivity index (χ2v) is 11.3. The van der Waals surface area contributed by atoms with Gasteiger partial charge in [0.25, 0.3) is 5.91 Å². The molecular weight excluding hydrogens is 613 g/mol. The predicted molar refractivity (Wildman–Crippen MR) is 146 cm³/mol. The fraction of sp³-hybridized carbons (Fsp3) is 0.310. The molecule has 4 aromatic rings. The number of nitrogens with zero attached hydrogens (tertiary/aromatic N) is 3. The van der Waals surface area contributed by atoms with Gasteiger partial charge in [-0.05, 0) is 49.2 Å². The van der Waals surface area contributed by atoms with E-state index in [-0.39, 0.29) is 39.1 Å². The van der Waals surface area contributed by atoms with Gasteiger partial charge < -0.3 is 25.3 Å². The average molecular weight is 636 g/mol. The molecule has 1 aliphatic carbocycles. The number of rotatable bonds is 8. The van der Waals surface area contributed by atoms with Crippen molar-refractivity contribution < 1.29 is 41.4 Å². The molecule has 0 saturated heterocycles. The Morgan fingerprint density at radius 2 is 1.86 bits per heavy atom. The molecule has 2 amide bonds. The van der Waals surface area contributed by atoms with Crippen LogP contribution >= 0.6 is 11.6 Å². The minimum Gasteiger partial charge on any atom is -0.489 e. The molecule has 2 aliphatic rings. The Labute approximate surface area is 250 Å². The highest BCUT2D eigenvalue weighted by molar-refractivity contribution is 6.33. The summed E-state index contributed by atoms with van der Waals surface area (Å²) in [5.74, 6) is -2.86. The van der Waals surface area contributed by atoms with Gasteiger partial charge in [-0.1, -0.05) is 11.6 Å². The summed E-state index contributed by atoms with van der Waals surface area (Å²) in [6, 6.07) is 6.31. The first-order chi connectivity index (χ1) is 20.8. The number of fused-ring (bicyclic) bond motifs is 2. The van der Waals surface area contributed by atoms with Crippen molar-refractivity contribution >= 4 is 29.1 Å². The predicted octanol–water partition coefficient (Wildman–Crippen LogP) is 4.33. The van der Waals surface area contributed by atoms with Gasteiger partial charge in [-0.15, -0.1) is 0 Å². The first-order valence-electron chi connectivity index (χ1n) is 13.3. The van der Waals surface area contributed by atoms with Crippen LogP contribution in [0.2, 0.25) is 5.02 Å². The number of benzene rings is 1. The number of nitrogens with one attached hydrogen (secondary N) is 1. The van der Waals surface area contributed by atoms with Crippen LogP contribution < -0.4 is 15.8 Å². The highest BCUT2D eigenvalue weighted by Crippen LogP contribution is 2.48. The third-order valence-electron chi connectivity index (χ3n) is 7.95. The van der Waals surface area contributed by atoms with Gasteiger partial charge in [0, 0.05) is 29.4 Å². The Balaban J connectivity index is 1.41. The normalized spacial score (nSPS) is 19.3. The molecule has 0 bridgehead atoms. The number of hydrogen-bond donors (Lipinski definition) is 3. The van der Waals surface area contributed by atoms with Gasteiger partial charge >= 0.3 is 6.18 Å². The summed E-state index contributed by atoms with van der Waals surface area (Å²) in [5.41, 5.74) is -1.27. The topological polar surface area (TPSA) is 132 Å². The Kier molecular flexibility index (Phi) is 7.04. The second-order valence-electron chi connectivity index (χ2n) is 10.9. The smallest absolute Gasteiger partial charge is 0.424 e. The van der Waals surface area contributed by atoms with Crippen molar-refractivity contribution in [3.05, 3.63) is 82.1 Å². The number of primary amides is 1. The van der Waals surface area contributed by atoms with Gasteiger partial charge in [-0.3, -0.25) is 9.59 Å². The standard InChI is InChI=1S/C29H23ClF5N5O4/c30-19-7-16(9-40-10-20(14-1-2-14)38-24(19)40)25(41)37-12-28(43,29(33,34)35)21-8-18-23(44-13-27(18,11-31)26(36)42)22(39-21)15-3-5-17(32)6-4-15/h3-10,14,43H,1-2,11-13H2,(H2,36,42)(H,37,41)/t27-,28?/m0/s1. The van der Waals surface area contributed by atoms with Crippen LogP contribution in [0.1, 0.15) is 46.1 Å². The van der Waals surface area contributed by atoms with E-state index in [9.17, 15) is 36.6 Å². The maximum atomic E-state index is 14.7. The quantitative estimate of drug-likeness (QED) is 0.247.